The summed E-state index contributed by atoms with van der Waals surface area (Å²) in [6.45, 7) is 1.41. The first-order valence-corrected chi connectivity index (χ1v) is 12.4. The van der Waals surface area contributed by atoms with E-state index in [0.29, 0.717) is 24.0 Å². The van der Waals surface area contributed by atoms with Gasteiger partial charge in [0, 0.05) is 30.0 Å². The van der Waals surface area contributed by atoms with E-state index in [9.17, 15) is 9.90 Å². The van der Waals surface area contributed by atoms with Crippen LogP contribution in [0.2, 0.25) is 0 Å². The maximum atomic E-state index is 13.7. The van der Waals surface area contributed by atoms with Crippen LogP contribution in [0.25, 0.3) is 0 Å². The zero-order valence-corrected chi connectivity index (χ0v) is 20.2. The standard InChI is InChI=1S/C26H36N6O2/c1-30(2)26(21-9-4-3-5-10-21)13-11-25(12-14-26)18-31(23-28-15-20(16-29-23)22(27)33)24(34)32(25)17-19-7-6-8-19/h3-5,9-10,15-16,19,22,33H,6-8,11-14,17-18,27H2,1-2H3. The highest BCUT2D eigenvalue weighted by molar-refractivity contribution is 5.93. The smallest absolute Gasteiger partial charge is 0.327 e. The third-order valence-electron chi connectivity index (χ3n) is 8.57. The van der Waals surface area contributed by atoms with Crippen LogP contribution < -0.4 is 10.6 Å². The van der Waals surface area contributed by atoms with E-state index in [1.807, 2.05) is 0 Å². The number of anilines is 1. The van der Waals surface area contributed by atoms with Gasteiger partial charge in [-0.1, -0.05) is 36.8 Å². The molecule has 1 aromatic carbocycles. The highest BCUT2D eigenvalue weighted by Gasteiger charge is 2.55. The molecule has 0 radical (unpaired) electrons. The predicted octanol–water partition coefficient (Wildman–Crippen LogP) is 3.24. The second-order valence-electron chi connectivity index (χ2n) is 10.6. The van der Waals surface area contributed by atoms with Gasteiger partial charge in [0.2, 0.25) is 5.95 Å². The average Bonchev–Trinajstić information content (AvgIpc) is 3.08. The van der Waals surface area contributed by atoms with Crippen LogP contribution in [0.3, 0.4) is 0 Å². The van der Waals surface area contributed by atoms with E-state index in [0.717, 1.165) is 32.2 Å². The second-order valence-corrected chi connectivity index (χ2v) is 10.6. The fourth-order valence-electron chi connectivity index (χ4n) is 6.08. The number of aliphatic hydroxyl groups is 1. The minimum absolute atomic E-state index is 0.00464. The Morgan fingerprint density at radius 2 is 1.76 bits per heavy atom. The fourth-order valence-corrected chi connectivity index (χ4v) is 6.08. The molecule has 8 heteroatoms. The minimum Gasteiger partial charge on any atom is -0.374 e. The molecule has 1 atom stereocenters. The Balaban J connectivity index is 1.43. The van der Waals surface area contributed by atoms with Gasteiger partial charge in [0.1, 0.15) is 6.23 Å². The summed E-state index contributed by atoms with van der Waals surface area (Å²) in [6, 6.07) is 10.8. The van der Waals surface area contributed by atoms with Crippen LogP contribution in [0.15, 0.2) is 42.7 Å². The molecule has 1 spiro atoms. The summed E-state index contributed by atoms with van der Waals surface area (Å²) >= 11 is 0. The lowest BCUT2D eigenvalue weighted by Crippen LogP contribution is -2.56. The maximum Gasteiger partial charge on any atom is 0.327 e. The number of amides is 2. The molecule has 182 valence electrons. The van der Waals surface area contributed by atoms with Gasteiger partial charge in [-0.15, -0.1) is 0 Å². The van der Waals surface area contributed by atoms with Gasteiger partial charge in [-0.05, 0) is 64.1 Å². The SMILES string of the molecule is CN(C)C1(c2ccccc2)CCC2(CC1)CN(c1ncc(C(N)O)cn1)C(=O)N2CC1CCC1. The summed E-state index contributed by atoms with van der Waals surface area (Å²) < 4.78 is 0. The highest BCUT2D eigenvalue weighted by Crippen LogP contribution is 2.50. The zero-order valence-electron chi connectivity index (χ0n) is 20.2. The first-order chi connectivity index (χ1) is 16.3. The largest absolute Gasteiger partial charge is 0.374 e. The van der Waals surface area contributed by atoms with Crippen molar-refractivity contribution in [1.82, 2.24) is 19.8 Å². The molecule has 1 aromatic heterocycles. The molecule has 8 nitrogen and oxygen atoms in total. The number of aromatic nitrogens is 2. The Labute approximate surface area is 201 Å². The Morgan fingerprint density at radius 1 is 1.12 bits per heavy atom. The van der Waals surface area contributed by atoms with E-state index < -0.39 is 6.23 Å². The lowest BCUT2D eigenvalue weighted by Gasteiger charge is -2.51. The van der Waals surface area contributed by atoms with Crippen LogP contribution in [0.5, 0.6) is 0 Å². The average molecular weight is 465 g/mol. The number of carbonyl (C=O) groups is 1. The van der Waals surface area contributed by atoms with Crippen molar-refractivity contribution in [2.75, 3.05) is 32.1 Å². The van der Waals surface area contributed by atoms with Crippen molar-refractivity contribution < 1.29 is 9.90 Å². The van der Waals surface area contributed by atoms with E-state index in [2.05, 4.69) is 64.2 Å². The summed E-state index contributed by atoms with van der Waals surface area (Å²) in [5, 5.41) is 9.60. The van der Waals surface area contributed by atoms with Gasteiger partial charge in [0.05, 0.1) is 12.1 Å². The molecule has 1 unspecified atom stereocenters. The molecule has 1 saturated heterocycles. The van der Waals surface area contributed by atoms with Gasteiger partial charge in [-0.25, -0.2) is 14.8 Å². The Hall–Kier alpha value is -2.55. The van der Waals surface area contributed by atoms with Crippen LogP contribution in [0.1, 0.15) is 62.3 Å². The van der Waals surface area contributed by atoms with Gasteiger partial charge in [0.15, 0.2) is 0 Å². The maximum absolute atomic E-state index is 13.7. The molecule has 3 aliphatic rings. The first-order valence-electron chi connectivity index (χ1n) is 12.4. The van der Waals surface area contributed by atoms with E-state index in [-0.39, 0.29) is 17.1 Å². The number of nitrogens with zero attached hydrogens (tertiary/aromatic N) is 5. The van der Waals surface area contributed by atoms with Gasteiger partial charge in [-0.2, -0.15) is 0 Å². The van der Waals surface area contributed by atoms with Crippen molar-refractivity contribution >= 4 is 12.0 Å². The van der Waals surface area contributed by atoms with Crippen LogP contribution in [0, 0.1) is 5.92 Å². The van der Waals surface area contributed by atoms with Crippen molar-refractivity contribution in [2.24, 2.45) is 11.7 Å². The monoisotopic (exact) mass is 464 g/mol. The Kier molecular flexibility index (Phi) is 6.08. The topological polar surface area (TPSA) is 98.8 Å². The Bertz CT molecular complexity index is 998. The molecular weight excluding hydrogens is 428 g/mol. The fraction of sp³-hybridized carbons (Fsp3) is 0.577. The van der Waals surface area contributed by atoms with Crippen LogP contribution in [-0.4, -0.2) is 63.6 Å². The molecule has 3 fully saturated rings. The summed E-state index contributed by atoms with van der Waals surface area (Å²) in [4.78, 5) is 28.7. The number of aliphatic hydroxyl groups excluding tert-OH is 1. The third-order valence-corrected chi connectivity index (χ3v) is 8.57. The van der Waals surface area contributed by atoms with Crippen LogP contribution in [-0.2, 0) is 5.54 Å². The predicted molar refractivity (Wildman–Crippen MR) is 131 cm³/mol. The van der Waals surface area contributed by atoms with E-state index in [4.69, 9.17) is 5.73 Å². The lowest BCUT2D eigenvalue weighted by atomic mass is 9.68. The number of urea groups is 1. The minimum atomic E-state index is -1.12. The normalized spacial score (nSPS) is 28.6. The Morgan fingerprint density at radius 3 is 2.29 bits per heavy atom. The molecule has 5 rings (SSSR count). The molecule has 2 aliphatic carbocycles. The van der Waals surface area contributed by atoms with Crippen molar-refractivity contribution in [2.45, 2.75) is 62.3 Å². The van der Waals surface area contributed by atoms with Gasteiger partial charge in [-0.3, -0.25) is 9.80 Å². The van der Waals surface area contributed by atoms with Crippen LogP contribution >= 0.6 is 0 Å². The number of hydrogen-bond acceptors (Lipinski definition) is 6. The van der Waals surface area contributed by atoms with Crippen molar-refractivity contribution in [3.05, 3.63) is 53.9 Å². The van der Waals surface area contributed by atoms with Gasteiger partial charge >= 0.3 is 6.03 Å². The van der Waals surface area contributed by atoms with Crippen molar-refractivity contribution in [1.29, 1.82) is 0 Å². The lowest BCUT2D eigenvalue weighted by molar-refractivity contribution is 0.0172. The molecule has 0 bridgehead atoms. The zero-order chi connectivity index (χ0) is 23.9. The number of rotatable bonds is 6. The summed E-state index contributed by atoms with van der Waals surface area (Å²) in [5.41, 5.74) is 7.08. The summed E-state index contributed by atoms with van der Waals surface area (Å²) in [7, 11) is 4.34. The molecule has 34 heavy (non-hydrogen) atoms. The van der Waals surface area contributed by atoms with Crippen molar-refractivity contribution in [3.63, 3.8) is 0 Å². The second kappa shape index (κ2) is 8.91. The molecule has 2 saturated carbocycles. The molecule has 3 N–H and O–H groups in total. The number of nitrogens with two attached hydrogens (primary N) is 1. The number of hydrogen-bond donors (Lipinski definition) is 2. The van der Waals surface area contributed by atoms with E-state index in [1.54, 1.807) is 4.90 Å². The third kappa shape index (κ3) is 3.87. The molecule has 1 aliphatic heterocycles. The molecule has 2 amide bonds. The first kappa shape index (κ1) is 23.2. The molecular formula is C26H36N6O2. The van der Waals surface area contributed by atoms with Gasteiger partial charge in [0.25, 0.3) is 0 Å². The van der Waals surface area contributed by atoms with E-state index in [1.165, 1.54) is 37.2 Å². The van der Waals surface area contributed by atoms with E-state index >= 15 is 0 Å². The number of benzene rings is 1. The van der Waals surface area contributed by atoms with Crippen LogP contribution in [0.4, 0.5) is 10.7 Å². The highest BCUT2D eigenvalue weighted by atomic mass is 16.3. The quantitative estimate of drug-likeness (QED) is 0.637. The molecule has 2 heterocycles. The summed E-state index contributed by atoms with van der Waals surface area (Å²) in [5.74, 6) is 0.975. The van der Waals surface area contributed by atoms with Gasteiger partial charge < -0.3 is 15.7 Å². The van der Waals surface area contributed by atoms with Crippen molar-refractivity contribution in [3.8, 4) is 0 Å². The molecule has 2 aromatic rings. The number of carbonyl (C=O) groups excluding carboxylic acids is 1. The summed E-state index contributed by atoms with van der Waals surface area (Å²) in [6.07, 6.45) is 9.41.